The normalized spacial score (nSPS) is 10.7. The first-order chi connectivity index (χ1) is 12.5. The average Bonchev–Trinajstić information content (AvgIpc) is 2.66. The largest absolute Gasteiger partial charge is 0.378 e. The van der Waals surface area contributed by atoms with Gasteiger partial charge in [0, 0.05) is 39.3 Å². The summed E-state index contributed by atoms with van der Waals surface area (Å²) in [5, 5.41) is 3.46. The lowest BCUT2D eigenvalue weighted by Gasteiger charge is -2.14. The third kappa shape index (κ3) is 4.08. The lowest BCUT2D eigenvalue weighted by atomic mass is 10.2. The molecule has 0 fully saturated rings. The van der Waals surface area contributed by atoms with Crippen molar-refractivity contribution in [3.8, 4) is 0 Å². The van der Waals surface area contributed by atoms with Crippen LogP contribution in [0, 0.1) is 0 Å². The summed E-state index contributed by atoms with van der Waals surface area (Å²) in [5.41, 5.74) is 2.67. The van der Waals surface area contributed by atoms with Crippen LogP contribution in [0.5, 0.6) is 0 Å². The van der Waals surface area contributed by atoms with Crippen LogP contribution >= 0.6 is 0 Å². The number of amides is 1. The van der Waals surface area contributed by atoms with E-state index in [0.717, 1.165) is 11.3 Å². The van der Waals surface area contributed by atoms with Gasteiger partial charge in [0.25, 0.3) is 5.56 Å². The Morgan fingerprint density at radius 3 is 2.77 bits per heavy atom. The minimum Gasteiger partial charge on any atom is -0.378 e. The molecule has 0 bridgehead atoms. The van der Waals surface area contributed by atoms with Gasteiger partial charge in [0.15, 0.2) is 0 Å². The monoisotopic (exact) mass is 350 g/mol. The highest BCUT2D eigenvalue weighted by Gasteiger charge is 2.07. The summed E-state index contributed by atoms with van der Waals surface area (Å²) < 4.78 is 1.48. The van der Waals surface area contributed by atoms with Crippen molar-refractivity contribution in [2.75, 3.05) is 19.0 Å². The highest BCUT2D eigenvalue weighted by atomic mass is 16.1. The van der Waals surface area contributed by atoms with Crippen LogP contribution in [0.25, 0.3) is 10.9 Å². The second kappa shape index (κ2) is 7.82. The predicted molar refractivity (Wildman–Crippen MR) is 103 cm³/mol. The topological polar surface area (TPSA) is 67.2 Å². The Morgan fingerprint density at radius 2 is 1.96 bits per heavy atom. The number of aryl methyl sites for hydroxylation is 1. The number of carbonyl (C=O) groups excluding carboxylic acids is 1. The molecule has 0 aliphatic heterocycles. The molecular formula is C20H22N4O2. The maximum Gasteiger partial charge on any atom is 0.261 e. The van der Waals surface area contributed by atoms with Crippen molar-refractivity contribution in [1.82, 2.24) is 14.9 Å². The smallest absolute Gasteiger partial charge is 0.261 e. The van der Waals surface area contributed by atoms with Gasteiger partial charge in [-0.3, -0.25) is 14.2 Å². The molecule has 3 aromatic rings. The molecule has 0 saturated heterocycles. The van der Waals surface area contributed by atoms with E-state index in [0.29, 0.717) is 24.0 Å². The molecule has 0 saturated carbocycles. The van der Waals surface area contributed by atoms with Gasteiger partial charge in [0.2, 0.25) is 5.91 Å². The molecule has 26 heavy (non-hydrogen) atoms. The van der Waals surface area contributed by atoms with Crippen molar-refractivity contribution in [3.63, 3.8) is 0 Å². The van der Waals surface area contributed by atoms with Crippen LogP contribution in [0.3, 0.4) is 0 Å². The molecule has 1 aromatic heterocycles. The van der Waals surface area contributed by atoms with Crippen LogP contribution in [0.1, 0.15) is 12.0 Å². The van der Waals surface area contributed by atoms with Gasteiger partial charge in [-0.1, -0.05) is 24.3 Å². The molecule has 0 radical (unpaired) electrons. The molecule has 1 N–H and O–H groups in total. The lowest BCUT2D eigenvalue weighted by molar-refractivity contribution is -0.121. The number of fused-ring (bicyclic) bond motifs is 1. The van der Waals surface area contributed by atoms with Crippen LogP contribution < -0.4 is 15.8 Å². The molecule has 0 aliphatic carbocycles. The molecule has 1 amide bonds. The number of benzene rings is 2. The Balaban J connectivity index is 1.59. The summed E-state index contributed by atoms with van der Waals surface area (Å²) >= 11 is 0. The van der Waals surface area contributed by atoms with Crippen LogP contribution in [0.2, 0.25) is 0 Å². The first-order valence-electron chi connectivity index (χ1n) is 8.52. The third-order valence-electron chi connectivity index (χ3n) is 4.23. The van der Waals surface area contributed by atoms with E-state index in [4.69, 9.17) is 0 Å². The summed E-state index contributed by atoms with van der Waals surface area (Å²) in [6.45, 7) is 0.769. The number of carbonyl (C=O) groups is 1. The average molecular weight is 350 g/mol. The molecular weight excluding hydrogens is 328 g/mol. The van der Waals surface area contributed by atoms with E-state index in [1.54, 1.807) is 12.1 Å². The summed E-state index contributed by atoms with van der Waals surface area (Å²) in [4.78, 5) is 30.8. The summed E-state index contributed by atoms with van der Waals surface area (Å²) in [6, 6.07) is 15.2. The highest BCUT2D eigenvalue weighted by Crippen LogP contribution is 2.13. The molecule has 0 unspecified atom stereocenters. The van der Waals surface area contributed by atoms with Crippen molar-refractivity contribution >= 4 is 22.5 Å². The Morgan fingerprint density at radius 1 is 1.15 bits per heavy atom. The number of hydrogen-bond acceptors (Lipinski definition) is 4. The number of anilines is 1. The first-order valence-corrected chi connectivity index (χ1v) is 8.52. The Kier molecular flexibility index (Phi) is 5.31. The van der Waals surface area contributed by atoms with E-state index in [1.807, 2.05) is 55.4 Å². The van der Waals surface area contributed by atoms with Crippen LogP contribution in [0.4, 0.5) is 5.69 Å². The highest BCUT2D eigenvalue weighted by molar-refractivity contribution is 5.77. The molecule has 134 valence electrons. The van der Waals surface area contributed by atoms with E-state index in [9.17, 15) is 9.59 Å². The number of nitrogens with one attached hydrogen (secondary N) is 1. The standard InChI is InChI=1S/C20H22N4O2/c1-23(2)16-7-5-6-15(12-16)13-21-19(25)10-11-24-14-22-18-9-4-3-8-17(18)20(24)26/h3-9,12,14H,10-11,13H2,1-2H3,(H,21,25). The van der Waals surface area contributed by atoms with Gasteiger partial charge in [-0.2, -0.15) is 0 Å². The van der Waals surface area contributed by atoms with Gasteiger partial charge in [0.05, 0.1) is 17.2 Å². The maximum absolute atomic E-state index is 12.4. The maximum atomic E-state index is 12.4. The molecule has 6 nitrogen and oxygen atoms in total. The van der Waals surface area contributed by atoms with Gasteiger partial charge < -0.3 is 10.2 Å². The van der Waals surface area contributed by atoms with Crippen LogP contribution in [-0.2, 0) is 17.9 Å². The Hall–Kier alpha value is -3.15. The number of hydrogen-bond donors (Lipinski definition) is 1. The van der Waals surface area contributed by atoms with E-state index in [2.05, 4.69) is 10.3 Å². The second-order valence-electron chi connectivity index (χ2n) is 6.35. The fourth-order valence-electron chi connectivity index (χ4n) is 2.72. The van der Waals surface area contributed by atoms with Crippen LogP contribution in [-0.4, -0.2) is 29.6 Å². The fraction of sp³-hybridized carbons (Fsp3) is 0.250. The molecule has 0 atom stereocenters. The summed E-state index contributed by atoms with van der Waals surface area (Å²) in [6.07, 6.45) is 1.73. The number of para-hydroxylation sites is 1. The predicted octanol–water partition coefficient (Wildman–Crippen LogP) is 2.17. The van der Waals surface area contributed by atoms with Crippen molar-refractivity contribution < 1.29 is 4.79 Å². The van der Waals surface area contributed by atoms with Gasteiger partial charge in [0.1, 0.15) is 0 Å². The molecule has 3 rings (SSSR count). The van der Waals surface area contributed by atoms with Gasteiger partial charge in [-0.05, 0) is 29.8 Å². The molecule has 0 aliphatic rings. The zero-order valence-electron chi connectivity index (χ0n) is 15.0. The van der Waals surface area contributed by atoms with Crippen molar-refractivity contribution in [1.29, 1.82) is 0 Å². The SMILES string of the molecule is CN(C)c1cccc(CNC(=O)CCn2cnc3ccccc3c2=O)c1. The van der Waals surface area contributed by atoms with Crippen molar-refractivity contribution in [3.05, 3.63) is 70.8 Å². The van der Waals surface area contributed by atoms with E-state index >= 15 is 0 Å². The number of rotatable bonds is 6. The van der Waals surface area contributed by atoms with Crippen LogP contribution in [0.15, 0.2) is 59.7 Å². The quantitative estimate of drug-likeness (QED) is 0.740. The minimum absolute atomic E-state index is 0.0969. The lowest BCUT2D eigenvalue weighted by Crippen LogP contribution is -2.27. The zero-order valence-corrected chi connectivity index (χ0v) is 15.0. The van der Waals surface area contributed by atoms with E-state index < -0.39 is 0 Å². The van der Waals surface area contributed by atoms with Crippen molar-refractivity contribution in [2.45, 2.75) is 19.5 Å². The van der Waals surface area contributed by atoms with Gasteiger partial charge in [-0.15, -0.1) is 0 Å². The first kappa shape index (κ1) is 17.7. The summed E-state index contributed by atoms with van der Waals surface area (Å²) in [7, 11) is 3.96. The zero-order chi connectivity index (χ0) is 18.5. The Bertz CT molecular complexity index is 979. The van der Waals surface area contributed by atoms with E-state index in [1.165, 1.54) is 10.9 Å². The number of nitrogens with zero attached hydrogens (tertiary/aromatic N) is 3. The third-order valence-corrected chi connectivity index (χ3v) is 4.23. The van der Waals surface area contributed by atoms with Gasteiger partial charge >= 0.3 is 0 Å². The summed E-state index contributed by atoms with van der Waals surface area (Å²) in [5.74, 6) is -0.0969. The molecule has 6 heteroatoms. The second-order valence-corrected chi connectivity index (χ2v) is 6.35. The molecule has 2 aromatic carbocycles. The van der Waals surface area contributed by atoms with Crippen molar-refractivity contribution in [2.24, 2.45) is 0 Å². The minimum atomic E-state index is -0.123. The Labute approximate surface area is 152 Å². The fourth-order valence-corrected chi connectivity index (χ4v) is 2.72. The molecule has 0 spiro atoms. The number of aromatic nitrogens is 2. The molecule has 1 heterocycles. The van der Waals surface area contributed by atoms with E-state index in [-0.39, 0.29) is 17.9 Å². The van der Waals surface area contributed by atoms with Gasteiger partial charge in [-0.25, -0.2) is 4.98 Å².